The molecule has 326 valence electrons. The Morgan fingerprint density at radius 3 is 1.49 bits per heavy atom. The highest BCUT2D eigenvalue weighted by atomic mass is 19.4. The van der Waals surface area contributed by atoms with Crippen LogP contribution in [0.5, 0.6) is 0 Å². The summed E-state index contributed by atoms with van der Waals surface area (Å²) in [5, 5.41) is 18.1. The van der Waals surface area contributed by atoms with Crippen molar-refractivity contribution < 1.29 is 35.2 Å². The zero-order chi connectivity index (χ0) is 46.2. The van der Waals surface area contributed by atoms with Gasteiger partial charge in [-0.1, -0.05) is 78.9 Å². The third-order valence-electron chi connectivity index (χ3n) is 13.2. The zero-order valence-corrected chi connectivity index (χ0v) is 35.2. The monoisotopic (exact) mass is 901 g/mol. The van der Waals surface area contributed by atoms with Crippen LogP contribution in [0.25, 0.3) is 121 Å². The van der Waals surface area contributed by atoms with Crippen molar-refractivity contribution in [3.63, 3.8) is 0 Å². The molecule has 9 aromatic carbocycles. The first-order valence-electron chi connectivity index (χ1n) is 21.6. The summed E-state index contributed by atoms with van der Waals surface area (Å²) in [6, 6.07) is 53.4. The molecule has 0 unspecified atom stereocenters. The van der Waals surface area contributed by atoms with Gasteiger partial charge >= 0.3 is 12.4 Å². The fourth-order valence-electron chi connectivity index (χ4n) is 10.2. The molecule has 0 fully saturated rings. The molecule has 0 aliphatic carbocycles. The van der Waals surface area contributed by atoms with Crippen molar-refractivity contribution in [3.05, 3.63) is 193 Å². The molecule has 0 aliphatic rings. The Bertz CT molecular complexity index is 4300. The first kappa shape index (κ1) is 39.6. The second-order valence-electron chi connectivity index (χ2n) is 16.9. The van der Waals surface area contributed by atoms with Crippen LogP contribution in [0.15, 0.2) is 185 Å². The molecule has 13 aromatic rings. The zero-order valence-electron chi connectivity index (χ0n) is 35.2. The van der Waals surface area contributed by atoms with Crippen LogP contribution < -0.4 is 0 Å². The minimum Gasteiger partial charge on any atom is -0.455 e. The SMILES string of the molecule is N#Cc1ccc(-n2c3ccccc3c3c4oc5ccccc5c4ccc32)cc1-c1cc(-c2cc(C(F)(F)F)cc(C(F)(F)F)c2)ccc1-n1c2ccccc2c2c3oc4ccccc4c3ccc21. The Balaban J connectivity index is 1.12. The van der Waals surface area contributed by atoms with Crippen molar-refractivity contribution in [2.24, 2.45) is 0 Å². The summed E-state index contributed by atoms with van der Waals surface area (Å²) in [6.45, 7) is 0. The molecular weight excluding hydrogens is 873 g/mol. The molecule has 0 N–H and O–H groups in total. The van der Waals surface area contributed by atoms with E-state index >= 15 is 0 Å². The first-order valence-corrected chi connectivity index (χ1v) is 21.6. The number of nitrogens with zero attached hydrogens (tertiary/aromatic N) is 3. The fourth-order valence-corrected chi connectivity index (χ4v) is 10.2. The number of fused-ring (bicyclic) bond motifs is 14. The van der Waals surface area contributed by atoms with Gasteiger partial charge in [-0.3, -0.25) is 0 Å². The number of furan rings is 2. The average molecular weight is 902 g/mol. The van der Waals surface area contributed by atoms with Gasteiger partial charge in [0.1, 0.15) is 22.3 Å². The minimum atomic E-state index is -5.07. The van der Waals surface area contributed by atoms with Crippen molar-refractivity contribution in [1.29, 1.82) is 5.26 Å². The van der Waals surface area contributed by atoms with E-state index < -0.39 is 23.5 Å². The number of alkyl halides is 6. The Hall–Kier alpha value is -8.75. The number of para-hydroxylation sites is 4. The van der Waals surface area contributed by atoms with Crippen molar-refractivity contribution in [3.8, 4) is 39.7 Å². The summed E-state index contributed by atoms with van der Waals surface area (Å²) in [7, 11) is 0. The molecule has 13 rings (SSSR count). The molecular formula is C57H29F6N3O2. The lowest BCUT2D eigenvalue weighted by molar-refractivity contribution is -0.143. The van der Waals surface area contributed by atoms with Crippen molar-refractivity contribution in [2.75, 3.05) is 0 Å². The molecule has 0 amide bonds. The van der Waals surface area contributed by atoms with E-state index in [9.17, 15) is 31.6 Å². The van der Waals surface area contributed by atoms with E-state index in [1.807, 2.05) is 138 Å². The molecule has 5 nitrogen and oxygen atoms in total. The predicted octanol–water partition coefficient (Wildman–Crippen LogP) is 16.9. The van der Waals surface area contributed by atoms with Crippen molar-refractivity contribution in [2.45, 2.75) is 12.4 Å². The average Bonchev–Trinajstić information content (AvgIpc) is 4.10. The normalized spacial score (nSPS) is 12.5. The third-order valence-corrected chi connectivity index (χ3v) is 13.2. The van der Waals surface area contributed by atoms with E-state index in [1.54, 1.807) is 18.2 Å². The van der Waals surface area contributed by atoms with Crippen LogP contribution >= 0.6 is 0 Å². The van der Waals surface area contributed by atoms with Crippen molar-refractivity contribution >= 4 is 87.5 Å². The van der Waals surface area contributed by atoms with Gasteiger partial charge in [0.05, 0.1) is 61.3 Å². The lowest BCUT2D eigenvalue weighted by atomic mass is 9.92. The molecule has 0 saturated carbocycles. The van der Waals surface area contributed by atoms with Gasteiger partial charge in [-0.05, 0) is 108 Å². The first-order chi connectivity index (χ1) is 32.9. The Labute approximate surface area is 380 Å². The molecule has 0 bridgehead atoms. The third kappa shape index (κ3) is 5.77. The molecule has 68 heavy (non-hydrogen) atoms. The highest BCUT2D eigenvalue weighted by Gasteiger charge is 2.37. The second kappa shape index (κ2) is 14.1. The lowest BCUT2D eigenvalue weighted by Crippen LogP contribution is -2.11. The highest BCUT2D eigenvalue weighted by molar-refractivity contribution is 6.25. The minimum absolute atomic E-state index is 0.0826. The molecule has 4 aromatic heterocycles. The fraction of sp³-hybridized carbons (Fsp3) is 0.0351. The van der Waals surface area contributed by atoms with Gasteiger partial charge in [0.25, 0.3) is 0 Å². The van der Waals surface area contributed by atoms with Crippen LogP contribution in [0.4, 0.5) is 26.3 Å². The maximum absolute atomic E-state index is 14.3. The van der Waals surface area contributed by atoms with Crippen LogP contribution in [-0.4, -0.2) is 9.13 Å². The second-order valence-corrected chi connectivity index (χ2v) is 16.9. The van der Waals surface area contributed by atoms with Gasteiger partial charge in [-0.15, -0.1) is 0 Å². The Kier molecular flexibility index (Phi) is 8.23. The lowest BCUT2D eigenvalue weighted by Gasteiger charge is -2.19. The molecule has 0 aliphatic heterocycles. The van der Waals surface area contributed by atoms with Crippen LogP contribution in [0.2, 0.25) is 0 Å². The number of aromatic nitrogens is 2. The van der Waals surface area contributed by atoms with Gasteiger partial charge in [0.15, 0.2) is 0 Å². The van der Waals surface area contributed by atoms with E-state index in [-0.39, 0.29) is 22.8 Å². The largest absolute Gasteiger partial charge is 0.455 e. The molecule has 0 atom stereocenters. The summed E-state index contributed by atoms with van der Waals surface area (Å²) in [5.41, 5.74) is 5.10. The standard InChI is InChI=1S/C57H29F6N3O2/c58-56(59,60)34-25-33(26-35(28-34)57(61,62)63)31-18-22-47(66-46-14-6-2-12-42(46)53-49(66)24-21-40-38-10-4-8-16-51(38)68-55(40)53)44(27-31)43-29-36(19-17-32(43)30-64)65-45-13-5-1-11-41(45)52-48(65)23-20-39-37-9-3-7-15-50(37)67-54(39)52/h1-29H. The van der Waals surface area contributed by atoms with E-state index in [1.165, 1.54) is 6.07 Å². The Morgan fingerprint density at radius 2 is 0.926 bits per heavy atom. The number of hydrogen-bond acceptors (Lipinski definition) is 3. The summed E-state index contributed by atoms with van der Waals surface area (Å²) < 4.78 is 103. The summed E-state index contributed by atoms with van der Waals surface area (Å²) in [6.07, 6.45) is -10.1. The number of nitriles is 1. The summed E-state index contributed by atoms with van der Waals surface area (Å²) in [5.74, 6) is 0. The van der Waals surface area contributed by atoms with Crippen LogP contribution in [0.3, 0.4) is 0 Å². The molecule has 0 spiro atoms. The maximum Gasteiger partial charge on any atom is 0.416 e. The molecule has 0 saturated heterocycles. The van der Waals surface area contributed by atoms with E-state index in [4.69, 9.17) is 8.83 Å². The number of hydrogen-bond donors (Lipinski definition) is 0. The maximum atomic E-state index is 14.3. The van der Waals surface area contributed by atoms with Gasteiger partial charge in [-0.2, -0.15) is 31.6 Å². The number of benzene rings is 9. The number of rotatable bonds is 4. The van der Waals surface area contributed by atoms with Gasteiger partial charge in [-0.25, -0.2) is 0 Å². The van der Waals surface area contributed by atoms with E-state index in [0.29, 0.717) is 39.3 Å². The summed E-state index contributed by atoms with van der Waals surface area (Å²) >= 11 is 0. The topological polar surface area (TPSA) is 59.9 Å². The smallest absolute Gasteiger partial charge is 0.416 e. The van der Waals surface area contributed by atoms with Crippen molar-refractivity contribution in [1.82, 2.24) is 9.13 Å². The van der Waals surface area contributed by atoms with Gasteiger partial charge < -0.3 is 18.0 Å². The van der Waals surface area contributed by atoms with Crippen LogP contribution in [-0.2, 0) is 12.4 Å². The van der Waals surface area contributed by atoms with Gasteiger partial charge in [0, 0.05) is 49.1 Å². The van der Waals surface area contributed by atoms with E-state index in [2.05, 4.69) is 10.6 Å². The van der Waals surface area contributed by atoms with E-state index in [0.717, 1.165) is 82.9 Å². The quantitative estimate of drug-likeness (QED) is 0.165. The molecule has 11 heteroatoms. The molecule has 0 radical (unpaired) electrons. The predicted molar refractivity (Wildman–Crippen MR) is 255 cm³/mol. The number of halogens is 6. The molecule has 4 heterocycles. The Morgan fingerprint density at radius 1 is 0.412 bits per heavy atom. The van der Waals surface area contributed by atoms with Crippen LogP contribution in [0.1, 0.15) is 16.7 Å². The van der Waals surface area contributed by atoms with Crippen LogP contribution in [0, 0.1) is 11.3 Å². The highest BCUT2D eigenvalue weighted by Crippen LogP contribution is 2.46. The summed E-state index contributed by atoms with van der Waals surface area (Å²) in [4.78, 5) is 0. The van der Waals surface area contributed by atoms with Gasteiger partial charge in [0.2, 0.25) is 0 Å².